The number of allylic oxidation sites excluding steroid dienone is 5. The number of aliphatic hydroxyl groups is 5. The zero-order chi connectivity index (χ0) is 39.5. The fraction of sp³-hybridized carbons (Fsp3) is 0.844. The van der Waals surface area contributed by atoms with Crippen molar-refractivity contribution in [3.8, 4) is 0 Å². The second-order valence-electron chi connectivity index (χ2n) is 15.5. The van der Waals surface area contributed by atoms with Gasteiger partial charge in [-0.15, -0.1) is 0 Å². The summed E-state index contributed by atoms with van der Waals surface area (Å²) in [6.07, 6.45) is 37.1. The van der Waals surface area contributed by atoms with Crippen molar-refractivity contribution >= 4 is 5.91 Å². The van der Waals surface area contributed by atoms with Gasteiger partial charge in [-0.05, 0) is 44.9 Å². The first-order valence-electron chi connectivity index (χ1n) is 22.2. The molecule has 1 fully saturated rings. The summed E-state index contributed by atoms with van der Waals surface area (Å²) in [7, 11) is 0. The molecule has 0 aromatic rings. The van der Waals surface area contributed by atoms with Crippen LogP contribution in [-0.4, -0.2) is 87.5 Å². The zero-order valence-corrected chi connectivity index (χ0v) is 34.5. The Labute approximate surface area is 330 Å². The van der Waals surface area contributed by atoms with Crippen LogP contribution in [0.25, 0.3) is 0 Å². The van der Waals surface area contributed by atoms with Crippen LogP contribution < -0.4 is 5.32 Å². The van der Waals surface area contributed by atoms with E-state index in [0.717, 1.165) is 51.4 Å². The van der Waals surface area contributed by atoms with Crippen LogP contribution in [-0.2, 0) is 14.3 Å². The number of aliphatic hydroxyl groups excluding tert-OH is 5. The Morgan fingerprint density at radius 1 is 0.611 bits per heavy atom. The van der Waals surface area contributed by atoms with E-state index in [1.165, 1.54) is 116 Å². The minimum atomic E-state index is -1.57. The second-order valence-corrected chi connectivity index (χ2v) is 15.5. The van der Waals surface area contributed by atoms with E-state index in [1.807, 2.05) is 6.08 Å². The Bertz CT molecular complexity index is 941. The highest BCUT2D eigenvalue weighted by molar-refractivity contribution is 5.76. The lowest BCUT2D eigenvalue weighted by molar-refractivity contribution is -0.302. The van der Waals surface area contributed by atoms with Crippen LogP contribution >= 0.6 is 0 Å². The van der Waals surface area contributed by atoms with Crippen LogP contribution in [0.5, 0.6) is 0 Å². The van der Waals surface area contributed by atoms with Gasteiger partial charge in [-0.25, -0.2) is 0 Å². The van der Waals surface area contributed by atoms with Gasteiger partial charge in [-0.2, -0.15) is 0 Å². The molecular formula is C45H83NO8. The van der Waals surface area contributed by atoms with Crippen molar-refractivity contribution in [1.82, 2.24) is 5.32 Å². The van der Waals surface area contributed by atoms with Gasteiger partial charge < -0.3 is 40.3 Å². The van der Waals surface area contributed by atoms with Gasteiger partial charge in [-0.3, -0.25) is 4.79 Å². The van der Waals surface area contributed by atoms with Crippen molar-refractivity contribution in [2.45, 2.75) is 230 Å². The number of carbonyl (C=O) groups excluding carboxylic acids is 1. The van der Waals surface area contributed by atoms with Crippen LogP contribution in [0.3, 0.4) is 0 Å². The summed E-state index contributed by atoms with van der Waals surface area (Å²) >= 11 is 0. The molecule has 316 valence electrons. The summed E-state index contributed by atoms with van der Waals surface area (Å²) in [6, 6.07) is -0.821. The molecule has 1 aliphatic heterocycles. The van der Waals surface area contributed by atoms with Gasteiger partial charge in [0.2, 0.25) is 5.91 Å². The van der Waals surface area contributed by atoms with E-state index < -0.39 is 49.5 Å². The Balaban J connectivity index is 2.19. The first-order valence-corrected chi connectivity index (χ1v) is 22.2. The molecule has 0 radical (unpaired) electrons. The molecule has 9 heteroatoms. The third-order valence-electron chi connectivity index (χ3n) is 10.4. The zero-order valence-electron chi connectivity index (χ0n) is 34.5. The van der Waals surface area contributed by atoms with Crippen LogP contribution in [0.1, 0.15) is 187 Å². The molecule has 6 N–H and O–H groups in total. The quantitative estimate of drug-likeness (QED) is 0.0274. The van der Waals surface area contributed by atoms with Crippen molar-refractivity contribution in [2.75, 3.05) is 13.2 Å². The summed E-state index contributed by atoms with van der Waals surface area (Å²) < 4.78 is 11.1. The molecule has 7 unspecified atom stereocenters. The highest BCUT2D eigenvalue weighted by atomic mass is 16.7. The van der Waals surface area contributed by atoms with Crippen molar-refractivity contribution in [2.24, 2.45) is 0 Å². The Kier molecular flexibility index (Phi) is 33.4. The van der Waals surface area contributed by atoms with E-state index in [4.69, 9.17) is 9.47 Å². The van der Waals surface area contributed by atoms with E-state index in [0.29, 0.717) is 6.42 Å². The summed E-state index contributed by atoms with van der Waals surface area (Å²) in [5, 5.41) is 53.6. The summed E-state index contributed by atoms with van der Waals surface area (Å²) in [5.74, 6) is -0.210. The van der Waals surface area contributed by atoms with E-state index in [9.17, 15) is 30.3 Å². The minimum Gasteiger partial charge on any atom is -0.394 e. The van der Waals surface area contributed by atoms with Gasteiger partial charge in [0.15, 0.2) is 6.29 Å². The number of rotatable bonds is 36. The Morgan fingerprint density at radius 2 is 1.06 bits per heavy atom. The molecule has 1 amide bonds. The van der Waals surface area contributed by atoms with Gasteiger partial charge in [0.1, 0.15) is 24.4 Å². The topological polar surface area (TPSA) is 149 Å². The molecule has 0 aromatic heterocycles. The van der Waals surface area contributed by atoms with Gasteiger partial charge >= 0.3 is 0 Å². The molecule has 9 nitrogen and oxygen atoms in total. The molecule has 54 heavy (non-hydrogen) atoms. The fourth-order valence-electron chi connectivity index (χ4n) is 6.83. The summed E-state index contributed by atoms with van der Waals surface area (Å²) in [4.78, 5) is 12.6. The molecular weight excluding hydrogens is 682 g/mol. The molecule has 0 aliphatic carbocycles. The van der Waals surface area contributed by atoms with Crippen molar-refractivity contribution < 1.29 is 39.8 Å². The number of amides is 1. The molecule has 0 saturated carbocycles. The van der Waals surface area contributed by atoms with Crippen LogP contribution in [0, 0.1) is 0 Å². The summed E-state index contributed by atoms with van der Waals surface area (Å²) in [5.41, 5.74) is 0. The van der Waals surface area contributed by atoms with Crippen molar-refractivity contribution in [1.29, 1.82) is 0 Å². The first kappa shape index (κ1) is 50.4. The van der Waals surface area contributed by atoms with Crippen LogP contribution in [0.15, 0.2) is 36.5 Å². The molecule has 0 aromatic carbocycles. The van der Waals surface area contributed by atoms with Gasteiger partial charge in [0.05, 0.1) is 25.4 Å². The molecule has 1 rings (SSSR count). The number of hydrogen-bond acceptors (Lipinski definition) is 8. The van der Waals surface area contributed by atoms with Gasteiger partial charge in [0, 0.05) is 6.42 Å². The number of nitrogens with one attached hydrogen (secondary N) is 1. The lowest BCUT2D eigenvalue weighted by Crippen LogP contribution is -2.60. The number of carbonyl (C=O) groups is 1. The smallest absolute Gasteiger partial charge is 0.220 e. The SMILES string of the molecule is CCCCCCCCCCCCCCCCCCC/C=C/CC/C=C/CC/C=C/C(O)C(COC1OC(CO)C(O)C(O)C1O)NC(=O)CCCCCC. The predicted octanol–water partition coefficient (Wildman–Crippen LogP) is 8.89. The van der Waals surface area contributed by atoms with E-state index in [1.54, 1.807) is 6.08 Å². The largest absolute Gasteiger partial charge is 0.394 e. The lowest BCUT2D eigenvalue weighted by atomic mass is 9.99. The van der Waals surface area contributed by atoms with E-state index >= 15 is 0 Å². The maximum atomic E-state index is 12.6. The molecule has 1 aliphatic rings. The number of unbranched alkanes of at least 4 members (excludes halogenated alkanes) is 22. The normalized spacial score (nSPS) is 21.8. The minimum absolute atomic E-state index is 0.207. The predicted molar refractivity (Wildman–Crippen MR) is 221 cm³/mol. The molecule has 1 saturated heterocycles. The van der Waals surface area contributed by atoms with Crippen molar-refractivity contribution in [3.05, 3.63) is 36.5 Å². The van der Waals surface area contributed by atoms with E-state index in [-0.39, 0.29) is 12.5 Å². The number of ether oxygens (including phenoxy) is 2. The first-order chi connectivity index (χ1) is 26.3. The maximum absolute atomic E-state index is 12.6. The van der Waals surface area contributed by atoms with E-state index in [2.05, 4.69) is 43.5 Å². The standard InChI is InChI=1S/C45H83NO8/c1-3-5-7-9-10-11-12-13-14-15-16-17-18-19-20-21-22-23-24-25-26-27-28-29-30-31-32-34-39(48)38(46-41(49)35-33-8-6-4-2)37-53-45-44(52)43(51)42(50)40(36-47)54-45/h24-25,28-29,32,34,38-40,42-45,47-48,50-52H,3-23,26-27,30-31,33,35-37H2,1-2H3,(H,46,49)/b25-24+,29-28+,34-32+. The average Bonchev–Trinajstić information content (AvgIpc) is 3.17. The van der Waals surface area contributed by atoms with Crippen LogP contribution in [0.2, 0.25) is 0 Å². The highest BCUT2D eigenvalue weighted by Gasteiger charge is 2.44. The molecule has 7 atom stereocenters. The average molecular weight is 766 g/mol. The molecule has 0 bridgehead atoms. The third kappa shape index (κ3) is 26.3. The maximum Gasteiger partial charge on any atom is 0.220 e. The second kappa shape index (κ2) is 35.8. The third-order valence-corrected chi connectivity index (χ3v) is 10.4. The van der Waals surface area contributed by atoms with Gasteiger partial charge in [-0.1, -0.05) is 172 Å². The Hall–Kier alpha value is -1.59. The lowest BCUT2D eigenvalue weighted by Gasteiger charge is -2.40. The highest BCUT2D eigenvalue weighted by Crippen LogP contribution is 2.22. The molecule has 0 spiro atoms. The fourth-order valence-corrected chi connectivity index (χ4v) is 6.83. The summed E-state index contributed by atoms with van der Waals surface area (Å²) in [6.45, 7) is 3.61. The van der Waals surface area contributed by atoms with Gasteiger partial charge in [0.25, 0.3) is 0 Å². The van der Waals surface area contributed by atoms with Crippen molar-refractivity contribution in [3.63, 3.8) is 0 Å². The number of hydrogen-bond donors (Lipinski definition) is 6. The monoisotopic (exact) mass is 766 g/mol. The molecule has 1 heterocycles. The Morgan fingerprint density at radius 3 is 1.56 bits per heavy atom. The van der Waals surface area contributed by atoms with Crippen LogP contribution in [0.4, 0.5) is 0 Å².